The van der Waals surface area contributed by atoms with Crippen molar-refractivity contribution in [1.82, 2.24) is 10.2 Å². The van der Waals surface area contributed by atoms with Crippen LogP contribution in [-0.2, 0) is 26.2 Å². The molecule has 0 saturated heterocycles. The van der Waals surface area contributed by atoms with E-state index in [1.54, 1.807) is 42.5 Å². The summed E-state index contributed by atoms with van der Waals surface area (Å²) < 4.78 is 34.3. The third-order valence-electron chi connectivity index (χ3n) is 7.91. The average Bonchev–Trinajstić information content (AvgIpc) is 3.01. The first-order chi connectivity index (χ1) is 20.2. The van der Waals surface area contributed by atoms with Gasteiger partial charge >= 0.3 is 0 Å². The van der Waals surface area contributed by atoms with Crippen LogP contribution in [0.5, 0.6) is 5.75 Å². The number of hydrogen-bond donors (Lipinski definition) is 1. The van der Waals surface area contributed by atoms with Crippen LogP contribution in [0.25, 0.3) is 0 Å². The molecule has 2 amide bonds. The molecule has 0 bridgehead atoms. The van der Waals surface area contributed by atoms with Crippen LogP contribution in [0.4, 0.5) is 5.69 Å². The maximum Gasteiger partial charge on any atom is 0.264 e. The zero-order chi connectivity index (χ0) is 30.1. The SMILES string of the molecule is CCC(C(=O)NC1CCCCC1)N(Cc1ccccc1C)C(=O)CN(c1ccc(OC)cc1)S(=O)(=O)c1ccccc1. The van der Waals surface area contributed by atoms with Gasteiger partial charge < -0.3 is 15.0 Å². The highest BCUT2D eigenvalue weighted by molar-refractivity contribution is 7.92. The monoisotopic (exact) mass is 591 g/mol. The number of hydrogen-bond acceptors (Lipinski definition) is 5. The van der Waals surface area contributed by atoms with Gasteiger partial charge in [0.2, 0.25) is 11.8 Å². The van der Waals surface area contributed by atoms with Crippen molar-refractivity contribution in [3.63, 3.8) is 0 Å². The van der Waals surface area contributed by atoms with E-state index in [1.807, 2.05) is 38.1 Å². The summed E-state index contributed by atoms with van der Waals surface area (Å²) in [5.74, 6) is -0.0961. The lowest BCUT2D eigenvalue weighted by Crippen LogP contribution is -2.54. The first-order valence-electron chi connectivity index (χ1n) is 14.6. The Kier molecular flexibility index (Phi) is 10.6. The highest BCUT2D eigenvalue weighted by Crippen LogP contribution is 2.27. The third kappa shape index (κ3) is 7.50. The van der Waals surface area contributed by atoms with Crippen LogP contribution in [-0.4, -0.2) is 50.9 Å². The molecule has 1 unspecified atom stereocenters. The number of nitrogens with zero attached hydrogens (tertiary/aromatic N) is 2. The second kappa shape index (κ2) is 14.4. The van der Waals surface area contributed by atoms with E-state index in [0.29, 0.717) is 17.9 Å². The summed E-state index contributed by atoms with van der Waals surface area (Å²) in [6.07, 6.45) is 5.55. The van der Waals surface area contributed by atoms with Crippen LogP contribution in [0.1, 0.15) is 56.6 Å². The van der Waals surface area contributed by atoms with Gasteiger partial charge in [-0.3, -0.25) is 13.9 Å². The molecule has 9 heteroatoms. The average molecular weight is 592 g/mol. The van der Waals surface area contributed by atoms with Crippen LogP contribution in [0.2, 0.25) is 0 Å². The zero-order valence-electron chi connectivity index (χ0n) is 24.7. The van der Waals surface area contributed by atoms with Gasteiger partial charge in [-0.15, -0.1) is 0 Å². The molecular weight excluding hydrogens is 550 g/mol. The first-order valence-corrected chi connectivity index (χ1v) is 16.0. The number of aryl methyl sites for hydroxylation is 1. The van der Waals surface area contributed by atoms with Crippen LogP contribution in [0.3, 0.4) is 0 Å². The minimum absolute atomic E-state index is 0.0705. The number of anilines is 1. The summed E-state index contributed by atoms with van der Waals surface area (Å²) >= 11 is 0. The van der Waals surface area contributed by atoms with Crippen LogP contribution < -0.4 is 14.4 Å². The maximum atomic E-state index is 14.3. The first kappa shape index (κ1) is 31.1. The Bertz CT molecular complexity index is 1440. The number of benzene rings is 3. The normalized spacial score (nSPS) is 14.5. The van der Waals surface area contributed by atoms with Gasteiger partial charge in [-0.05, 0) is 73.7 Å². The Morgan fingerprint density at radius 1 is 0.929 bits per heavy atom. The molecule has 3 aromatic carbocycles. The topological polar surface area (TPSA) is 96.0 Å². The smallest absolute Gasteiger partial charge is 0.264 e. The number of methoxy groups -OCH3 is 1. The molecule has 224 valence electrons. The molecule has 1 saturated carbocycles. The number of rotatable bonds is 12. The van der Waals surface area contributed by atoms with Gasteiger partial charge in [0.1, 0.15) is 18.3 Å². The van der Waals surface area contributed by atoms with E-state index in [2.05, 4.69) is 5.32 Å². The van der Waals surface area contributed by atoms with Crippen molar-refractivity contribution in [1.29, 1.82) is 0 Å². The number of nitrogens with one attached hydrogen (secondary N) is 1. The Hall–Kier alpha value is -3.85. The number of carbonyl (C=O) groups excluding carboxylic acids is 2. The van der Waals surface area contributed by atoms with Gasteiger partial charge in [0.25, 0.3) is 10.0 Å². The molecule has 0 aliphatic heterocycles. The van der Waals surface area contributed by atoms with E-state index in [9.17, 15) is 18.0 Å². The molecule has 4 rings (SSSR count). The van der Waals surface area contributed by atoms with E-state index in [-0.39, 0.29) is 23.4 Å². The summed E-state index contributed by atoms with van der Waals surface area (Å²) in [7, 11) is -2.58. The molecular formula is C33H41N3O5S. The summed E-state index contributed by atoms with van der Waals surface area (Å²) in [5.41, 5.74) is 2.21. The largest absolute Gasteiger partial charge is 0.497 e. The van der Waals surface area contributed by atoms with E-state index in [4.69, 9.17) is 4.74 Å². The van der Waals surface area contributed by atoms with Crippen molar-refractivity contribution in [3.05, 3.63) is 90.0 Å². The van der Waals surface area contributed by atoms with E-state index >= 15 is 0 Å². The minimum atomic E-state index is -4.11. The molecule has 1 aliphatic rings. The number of ether oxygens (including phenoxy) is 1. The van der Waals surface area contributed by atoms with Crippen molar-refractivity contribution in [2.24, 2.45) is 0 Å². The van der Waals surface area contributed by atoms with Gasteiger partial charge in [-0.1, -0.05) is 68.7 Å². The third-order valence-corrected chi connectivity index (χ3v) is 9.70. The molecule has 0 spiro atoms. The van der Waals surface area contributed by atoms with Crippen LogP contribution in [0.15, 0.2) is 83.8 Å². The Balaban J connectivity index is 1.70. The highest BCUT2D eigenvalue weighted by atomic mass is 32.2. The minimum Gasteiger partial charge on any atom is -0.497 e. The van der Waals surface area contributed by atoms with Gasteiger partial charge in [-0.25, -0.2) is 8.42 Å². The standard InChI is InChI=1S/C33H41N3O5S/c1-4-31(33(38)34-27-15-7-5-8-16-27)35(23-26-14-12-11-13-25(26)2)32(37)24-36(28-19-21-29(41-3)22-20-28)42(39,40)30-17-9-6-10-18-30/h6,9-14,17-22,27,31H,4-5,7-8,15-16,23-24H2,1-3H3,(H,34,38). The number of carbonyl (C=O) groups is 2. The van der Waals surface area contributed by atoms with Crippen molar-refractivity contribution >= 4 is 27.5 Å². The second-order valence-corrected chi connectivity index (χ2v) is 12.6. The quantitative estimate of drug-likeness (QED) is 0.302. The van der Waals surface area contributed by atoms with Crippen molar-refractivity contribution in [3.8, 4) is 5.75 Å². The maximum absolute atomic E-state index is 14.3. The van der Waals surface area contributed by atoms with E-state index in [0.717, 1.165) is 41.1 Å². The molecule has 1 atom stereocenters. The van der Waals surface area contributed by atoms with Gasteiger partial charge in [0, 0.05) is 12.6 Å². The van der Waals surface area contributed by atoms with Crippen molar-refractivity contribution in [2.45, 2.75) is 75.9 Å². The number of amides is 2. The fourth-order valence-corrected chi connectivity index (χ4v) is 6.87. The summed E-state index contributed by atoms with van der Waals surface area (Å²) in [6.45, 7) is 3.56. The fourth-order valence-electron chi connectivity index (χ4n) is 5.43. The van der Waals surface area contributed by atoms with E-state index in [1.165, 1.54) is 30.6 Å². The lowest BCUT2D eigenvalue weighted by molar-refractivity contribution is -0.140. The Morgan fingerprint density at radius 3 is 2.19 bits per heavy atom. The predicted molar refractivity (Wildman–Crippen MR) is 165 cm³/mol. The summed E-state index contributed by atoms with van der Waals surface area (Å²) in [4.78, 5) is 29.5. The summed E-state index contributed by atoms with van der Waals surface area (Å²) in [5, 5.41) is 3.18. The fraction of sp³-hybridized carbons (Fsp3) is 0.394. The predicted octanol–water partition coefficient (Wildman–Crippen LogP) is 5.46. The lowest BCUT2D eigenvalue weighted by atomic mass is 9.95. The van der Waals surface area contributed by atoms with Gasteiger partial charge in [0.05, 0.1) is 17.7 Å². The molecule has 0 aromatic heterocycles. The Labute approximate surface area is 249 Å². The van der Waals surface area contributed by atoms with Crippen molar-refractivity contribution in [2.75, 3.05) is 18.0 Å². The lowest BCUT2D eigenvalue weighted by Gasteiger charge is -2.34. The molecule has 3 aromatic rings. The molecule has 42 heavy (non-hydrogen) atoms. The van der Waals surface area contributed by atoms with Crippen molar-refractivity contribution < 1.29 is 22.7 Å². The van der Waals surface area contributed by atoms with Gasteiger partial charge in [-0.2, -0.15) is 0 Å². The van der Waals surface area contributed by atoms with Gasteiger partial charge in [0.15, 0.2) is 0 Å². The Morgan fingerprint density at radius 2 is 1.57 bits per heavy atom. The van der Waals surface area contributed by atoms with E-state index < -0.39 is 28.5 Å². The molecule has 0 heterocycles. The molecule has 1 fully saturated rings. The van der Waals surface area contributed by atoms with Crippen LogP contribution >= 0.6 is 0 Å². The second-order valence-electron chi connectivity index (χ2n) is 10.7. The molecule has 0 radical (unpaired) electrons. The molecule has 1 aliphatic carbocycles. The highest BCUT2D eigenvalue weighted by Gasteiger charge is 2.34. The zero-order valence-corrected chi connectivity index (χ0v) is 25.5. The van der Waals surface area contributed by atoms with Crippen LogP contribution in [0, 0.1) is 6.92 Å². The molecule has 8 nitrogen and oxygen atoms in total. The molecule has 1 N–H and O–H groups in total. The number of sulfonamides is 1. The summed E-state index contributed by atoms with van der Waals surface area (Å²) in [6, 6.07) is 21.7.